The number of aromatic amines is 1. The Bertz CT molecular complexity index is 1910. The molecule has 1 amide bonds. The van der Waals surface area contributed by atoms with E-state index in [0.29, 0.717) is 17.1 Å². The zero-order chi connectivity index (χ0) is 34.0. The zero-order valence-electron chi connectivity index (χ0n) is 26.9. The van der Waals surface area contributed by atoms with Gasteiger partial charge in [-0.15, -0.1) is 0 Å². The minimum Gasteiger partial charge on any atom is -0.497 e. The van der Waals surface area contributed by atoms with Gasteiger partial charge in [0.05, 0.1) is 27.4 Å². The van der Waals surface area contributed by atoms with Crippen LogP contribution in [0.25, 0.3) is 0 Å². The summed E-state index contributed by atoms with van der Waals surface area (Å²) >= 11 is 0. The van der Waals surface area contributed by atoms with Crippen LogP contribution in [-0.4, -0.2) is 72.5 Å². The van der Waals surface area contributed by atoms with Gasteiger partial charge in [0.15, 0.2) is 6.23 Å². The standard InChI is InChI=1S/C38H35N3O8/c1-45-29-17-13-27(14-18-29)38(26-11-7-4-8-12-26,28-15-19-30(46-2)20-16-28)48-24-37-23-47-32(33(37)42)35(49-37)41(31-21-22-39-36(44)40-31)34(43)25-9-5-3-6-10-25/h3-22,32-33,35,42H,23-24H2,1-2H3,(H,39,40,44)/t32-,33+,35-,37-/m1/s1. The van der Waals surface area contributed by atoms with Crippen LogP contribution < -0.4 is 20.1 Å². The minimum atomic E-state index is -1.38. The number of rotatable bonds is 11. The summed E-state index contributed by atoms with van der Waals surface area (Å²) in [6.45, 7) is -0.125. The van der Waals surface area contributed by atoms with Crippen LogP contribution in [0.2, 0.25) is 0 Å². The second kappa shape index (κ2) is 13.3. The van der Waals surface area contributed by atoms with E-state index in [9.17, 15) is 14.7 Å². The number of aliphatic hydroxyl groups excluding tert-OH is 1. The number of aromatic nitrogens is 2. The molecule has 0 aliphatic carbocycles. The van der Waals surface area contributed by atoms with Crippen molar-refractivity contribution in [3.05, 3.63) is 154 Å². The number of benzene rings is 4. The average Bonchev–Trinajstić information content (AvgIpc) is 3.61. The van der Waals surface area contributed by atoms with Crippen LogP contribution in [0.1, 0.15) is 27.0 Å². The number of H-pyrrole nitrogens is 1. The van der Waals surface area contributed by atoms with E-state index in [2.05, 4.69) is 9.97 Å². The maximum Gasteiger partial charge on any atom is 0.346 e. The SMILES string of the molecule is COc1ccc(C(OC[C@@]23CO[C@@H]([C@H](N(C(=O)c4ccccc4)c4ccnc(=O)[nH]4)O2)[C@@H]3O)(c2ccccc2)c2ccc(OC)cc2)cc1. The van der Waals surface area contributed by atoms with Crippen molar-refractivity contribution in [1.29, 1.82) is 0 Å². The molecule has 3 heterocycles. The maximum atomic E-state index is 14.0. The van der Waals surface area contributed by atoms with Crippen LogP contribution >= 0.6 is 0 Å². The highest BCUT2D eigenvalue weighted by Crippen LogP contribution is 2.47. The Morgan fingerprint density at radius 3 is 2.02 bits per heavy atom. The van der Waals surface area contributed by atoms with Gasteiger partial charge in [0.2, 0.25) is 0 Å². The third kappa shape index (κ3) is 5.76. The number of hydrogen-bond donors (Lipinski definition) is 2. The molecular weight excluding hydrogens is 626 g/mol. The summed E-state index contributed by atoms with van der Waals surface area (Å²) in [5, 5.41) is 11.8. The number of nitrogens with one attached hydrogen (secondary N) is 1. The molecule has 2 N–H and O–H groups in total. The molecule has 2 bridgehead atoms. The molecule has 4 atom stereocenters. The molecule has 2 aliphatic heterocycles. The fourth-order valence-electron chi connectivity index (χ4n) is 6.61. The molecule has 11 nitrogen and oxygen atoms in total. The lowest BCUT2D eigenvalue weighted by Crippen LogP contribution is -2.52. The Morgan fingerprint density at radius 1 is 0.878 bits per heavy atom. The summed E-state index contributed by atoms with van der Waals surface area (Å²) in [7, 11) is 3.22. The molecule has 11 heteroatoms. The second-order valence-corrected chi connectivity index (χ2v) is 11.9. The number of anilines is 1. The van der Waals surface area contributed by atoms with Crippen LogP contribution in [-0.2, 0) is 19.8 Å². The molecule has 0 spiro atoms. The Morgan fingerprint density at radius 2 is 1.45 bits per heavy atom. The molecule has 5 aromatic rings. The van der Waals surface area contributed by atoms with E-state index in [1.54, 1.807) is 44.6 Å². The number of amides is 1. The highest BCUT2D eigenvalue weighted by molar-refractivity contribution is 6.06. The van der Waals surface area contributed by atoms with E-state index < -0.39 is 41.2 Å². The maximum absolute atomic E-state index is 14.0. The third-order valence-corrected chi connectivity index (χ3v) is 9.13. The summed E-state index contributed by atoms with van der Waals surface area (Å²) in [6.07, 6.45) is -1.93. The molecule has 0 saturated carbocycles. The first-order valence-electron chi connectivity index (χ1n) is 15.8. The topological polar surface area (TPSA) is 132 Å². The number of nitrogens with zero attached hydrogens (tertiary/aromatic N) is 2. The molecule has 4 aromatic carbocycles. The minimum absolute atomic E-state index is 0.00562. The van der Waals surface area contributed by atoms with Gasteiger partial charge in [0.25, 0.3) is 5.91 Å². The Balaban J connectivity index is 1.30. The van der Waals surface area contributed by atoms with Crippen molar-refractivity contribution >= 4 is 11.7 Å². The first kappa shape index (κ1) is 32.2. The van der Waals surface area contributed by atoms with Gasteiger partial charge in [-0.05, 0) is 59.2 Å². The van der Waals surface area contributed by atoms with Crippen molar-refractivity contribution < 1.29 is 33.6 Å². The average molecular weight is 662 g/mol. The molecule has 7 rings (SSSR count). The number of fused-ring (bicyclic) bond motifs is 2. The summed E-state index contributed by atoms with van der Waals surface area (Å²) in [5.41, 5.74) is -0.422. The van der Waals surface area contributed by atoms with Gasteiger partial charge in [-0.25, -0.2) is 9.78 Å². The molecule has 49 heavy (non-hydrogen) atoms. The van der Waals surface area contributed by atoms with Crippen LogP contribution in [0.15, 0.2) is 126 Å². The number of methoxy groups -OCH3 is 2. The van der Waals surface area contributed by atoms with Gasteiger partial charge in [0.1, 0.15) is 40.7 Å². The van der Waals surface area contributed by atoms with E-state index in [1.165, 1.54) is 17.2 Å². The monoisotopic (exact) mass is 661 g/mol. The molecule has 0 radical (unpaired) electrons. The highest BCUT2D eigenvalue weighted by atomic mass is 16.7. The summed E-state index contributed by atoms with van der Waals surface area (Å²) < 4.78 is 30.8. The van der Waals surface area contributed by atoms with Crippen molar-refractivity contribution in [2.24, 2.45) is 0 Å². The number of carbonyl (C=O) groups excluding carboxylic acids is 1. The first-order chi connectivity index (χ1) is 23.9. The van der Waals surface area contributed by atoms with Crippen LogP contribution in [0.5, 0.6) is 11.5 Å². The fraction of sp³-hybridized carbons (Fsp3) is 0.237. The normalized spacial score (nSPS) is 21.3. The highest BCUT2D eigenvalue weighted by Gasteiger charge is 2.64. The molecule has 1 aromatic heterocycles. The van der Waals surface area contributed by atoms with E-state index >= 15 is 0 Å². The smallest absolute Gasteiger partial charge is 0.346 e. The lowest BCUT2D eigenvalue weighted by atomic mass is 9.79. The second-order valence-electron chi connectivity index (χ2n) is 11.9. The summed E-state index contributed by atoms with van der Waals surface area (Å²) in [5.74, 6) is 1.05. The Kier molecular flexibility index (Phi) is 8.74. The van der Waals surface area contributed by atoms with Crippen LogP contribution in [0.4, 0.5) is 5.82 Å². The van der Waals surface area contributed by atoms with Gasteiger partial charge < -0.3 is 28.8 Å². The number of hydrogen-bond acceptors (Lipinski definition) is 9. The summed E-state index contributed by atoms with van der Waals surface area (Å²) in [6, 6.07) is 35.1. The molecule has 0 unspecified atom stereocenters. The van der Waals surface area contributed by atoms with Gasteiger partial charge >= 0.3 is 5.69 Å². The largest absolute Gasteiger partial charge is 0.497 e. The van der Waals surface area contributed by atoms with E-state index in [4.69, 9.17) is 23.7 Å². The predicted octanol–water partition coefficient (Wildman–Crippen LogP) is 4.30. The number of ether oxygens (including phenoxy) is 5. The Labute approximate surface area is 282 Å². The van der Waals surface area contributed by atoms with Crippen molar-refractivity contribution in [2.75, 3.05) is 32.3 Å². The lowest BCUT2D eigenvalue weighted by molar-refractivity contribution is -0.181. The predicted molar refractivity (Wildman–Crippen MR) is 180 cm³/mol. The molecule has 2 saturated heterocycles. The number of carbonyl (C=O) groups is 1. The van der Waals surface area contributed by atoms with Crippen LogP contribution in [0, 0.1) is 0 Å². The molecule has 2 aliphatic rings. The summed E-state index contributed by atoms with van der Waals surface area (Å²) in [4.78, 5) is 34.0. The van der Waals surface area contributed by atoms with Gasteiger partial charge in [-0.2, -0.15) is 0 Å². The van der Waals surface area contributed by atoms with Crippen LogP contribution in [0.3, 0.4) is 0 Å². The molecule has 2 fully saturated rings. The first-order valence-corrected chi connectivity index (χ1v) is 15.8. The Hall–Kier alpha value is -5.33. The van der Waals surface area contributed by atoms with Gasteiger partial charge in [0, 0.05) is 11.8 Å². The lowest BCUT2D eigenvalue weighted by Gasteiger charge is -2.40. The van der Waals surface area contributed by atoms with Gasteiger partial charge in [-0.1, -0.05) is 72.8 Å². The molecule has 250 valence electrons. The van der Waals surface area contributed by atoms with Crippen molar-refractivity contribution in [2.45, 2.75) is 29.6 Å². The third-order valence-electron chi connectivity index (χ3n) is 9.13. The van der Waals surface area contributed by atoms with Gasteiger partial charge in [-0.3, -0.25) is 14.7 Å². The number of aliphatic hydroxyl groups is 1. The van der Waals surface area contributed by atoms with E-state index in [1.807, 2.05) is 78.9 Å². The van der Waals surface area contributed by atoms with Crippen molar-refractivity contribution in [3.8, 4) is 11.5 Å². The van der Waals surface area contributed by atoms with E-state index in [-0.39, 0.29) is 19.0 Å². The quantitative estimate of drug-likeness (QED) is 0.199. The zero-order valence-corrected chi connectivity index (χ0v) is 26.9. The molecular formula is C38H35N3O8. The van der Waals surface area contributed by atoms with E-state index in [0.717, 1.165) is 16.7 Å². The van der Waals surface area contributed by atoms with Crippen molar-refractivity contribution in [1.82, 2.24) is 9.97 Å². The fourth-order valence-corrected chi connectivity index (χ4v) is 6.61. The van der Waals surface area contributed by atoms with Crippen molar-refractivity contribution in [3.63, 3.8) is 0 Å².